The van der Waals surface area contributed by atoms with E-state index in [-0.39, 0.29) is 17.9 Å². The van der Waals surface area contributed by atoms with Crippen LogP contribution < -0.4 is 10.2 Å². The van der Waals surface area contributed by atoms with E-state index in [9.17, 15) is 4.79 Å². The molecular weight excluding hydrogens is 380 g/mol. The Morgan fingerprint density at radius 3 is 2.87 bits per heavy atom. The highest BCUT2D eigenvalue weighted by Gasteiger charge is 2.29. The zero-order valence-electron chi connectivity index (χ0n) is 17.5. The predicted octanol–water partition coefficient (Wildman–Crippen LogP) is 2.57. The number of fused-ring (bicyclic) bond motifs is 1. The number of hydrogen-bond acceptors (Lipinski definition) is 6. The third-order valence-electron chi connectivity index (χ3n) is 5.58. The summed E-state index contributed by atoms with van der Waals surface area (Å²) < 4.78 is 7.41. The summed E-state index contributed by atoms with van der Waals surface area (Å²) in [6, 6.07) is 9.62. The molecular formula is C22H28N6O2. The fourth-order valence-corrected chi connectivity index (χ4v) is 4.07. The highest BCUT2D eigenvalue weighted by atomic mass is 16.5. The van der Waals surface area contributed by atoms with Crippen LogP contribution in [0, 0.1) is 5.92 Å². The topological polar surface area (TPSA) is 85.2 Å². The summed E-state index contributed by atoms with van der Waals surface area (Å²) in [7, 11) is 1.69. The zero-order chi connectivity index (χ0) is 20.9. The van der Waals surface area contributed by atoms with Crippen LogP contribution in [0.2, 0.25) is 0 Å². The van der Waals surface area contributed by atoms with Gasteiger partial charge in [0.2, 0.25) is 11.9 Å². The van der Waals surface area contributed by atoms with Crippen molar-refractivity contribution in [1.29, 1.82) is 0 Å². The van der Waals surface area contributed by atoms with Crippen molar-refractivity contribution in [3.8, 4) is 0 Å². The number of carbonyl (C=O) groups excluding carboxylic acids is 1. The van der Waals surface area contributed by atoms with Crippen LogP contribution in [0.5, 0.6) is 0 Å². The van der Waals surface area contributed by atoms with Crippen molar-refractivity contribution in [2.75, 3.05) is 31.7 Å². The van der Waals surface area contributed by atoms with Crippen molar-refractivity contribution in [1.82, 2.24) is 24.8 Å². The van der Waals surface area contributed by atoms with Gasteiger partial charge in [-0.25, -0.2) is 15.0 Å². The van der Waals surface area contributed by atoms with Crippen LogP contribution in [-0.2, 0) is 16.1 Å². The number of imidazole rings is 1. The van der Waals surface area contributed by atoms with E-state index in [2.05, 4.69) is 30.8 Å². The third kappa shape index (κ3) is 4.28. The lowest BCUT2D eigenvalue weighted by atomic mass is 9.97. The molecule has 1 saturated heterocycles. The maximum absolute atomic E-state index is 13.1. The molecule has 0 spiro atoms. The quantitative estimate of drug-likeness (QED) is 0.647. The van der Waals surface area contributed by atoms with Crippen LogP contribution in [0.3, 0.4) is 0 Å². The van der Waals surface area contributed by atoms with Gasteiger partial charge < -0.3 is 19.5 Å². The highest BCUT2D eigenvalue weighted by molar-refractivity contribution is 5.80. The molecule has 0 bridgehead atoms. The molecule has 0 unspecified atom stereocenters. The molecule has 2 atom stereocenters. The summed E-state index contributed by atoms with van der Waals surface area (Å²) in [6.07, 6.45) is 5.27. The maximum Gasteiger partial charge on any atom is 0.225 e. The smallest absolute Gasteiger partial charge is 0.225 e. The van der Waals surface area contributed by atoms with Crippen LogP contribution in [-0.4, -0.2) is 52.2 Å². The van der Waals surface area contributed by atoms with Gasteiger partial charge in [0.05, 0.1) is 29.6 Å². The molecule has 1 aromatic carbocycles. The van der Waals surface area contributed by atoms with Gasteiger partial charge in [-0.15, -0.1) is 0 Å². The lowest BCUT2D eigenvalue weighted by molar-refractivity contribution is -0.126. The van der Waals surface area contributed by atoms with Crippen LogP contribution in [0.1, 0.15) is 31.6 Å². The molecule has 2 aromatic heterocycles. The first-order chi connectivity index (χ1) is 14.7. The van der Waals surface area contributed by atoms with Gasteiger partial charge in [0, 0.05) is 39.1 Å². The zero-order valence-corrected chi connectivity index (χ0v) is 17.5. The van der Waals surface area contributed by atoms with Crippen LogP contribution in [0.25, 0.3) is 11.0 Å². The van der Waals surface area contributed by atoms with Gasteiger partial charge in [0.25, 0.3) is 0 Å². The van der Waals surface area contributed by atoms with Gasteiger partial charge in [-0.2, -0.15) is 0 Å². The first kappa shape index (κ1) is 20.3. The molecule has 158 valence electrons. The van der Waals surface area contributed by atoms with Crippen LogP contribution in [0.4, 0.5) is 5.95 Å². The van der Waals surface area contributed by atoms with Crippen molar-refractivity contribution in [2.45, 2.75) is 32.4 Å². The average Bonchev–Trinajstić information content (AvgIpc) is 3.17. The monoisotopic (exact) mass is 408 g/mol. The molecule has 3 aromatic rings. The first-order valence-electron chi connectivity index (χ1n) is 10.4. The minimum atomic E-state index is -0.204. The SMILES string of the molecule is COCCn1c([C@H](C)NC(=O)[C@@H]2CCCN(c3ncccn3)C2)nc2ccccc21. The van der Waals surface area contributed by atoms with Gasteiger partial charge in [-0.1, -0.05) is 12.1 Å². The molecule has 30 heavy (non-hydrogen) atoms. The summed E-state index contributed by atoms with van der Waals surface area (Å²) in [5, 5.41) is 3.19. The first-order valence-corrected chi connectivity index (χ1v) is 10.4. The van der Waals surface area contributed by atoms with E-state index in [1.807, 2.05) is 25.1 Å². The number of carbonyl (C=O) groups is 1. The second-order valence-electron chi connectivity index (χ2n) is 7.67. The summed E-state index contributed by atoms with van der Waals surface area (Å²) in [6.45, 7) is 4.76. The predicted molar refractivity (Wildman–Crippen MR) is 115 cm³/mol. The molecule has 3 heterocycles. The molecule has 0 radical (unpaired) electrons. The Morgan fingerprint density at radius 2 is 2.07 bits per heavy atom. The Balaban J connectivity index is 1.48. The van der Waals surface area contributed by atoms with E-state index in [1.165, 1.54) is 0 Å². The second-order valence-corrected chi connectivity index (χ2v) is 7.67. The molecule has 0 saturated carbocycles. The molecule has 1 N–H and O–H groups in total. The van der Waals surface area contributed by atoms with Gasteiger partial charge in [0.15, 0.2) is 0 Å². The number of aromatic nitrogens is 4. The van der Waals surface area contributed by atoms with Gasteiger partial charge >= 0.3 is 0 Å². The molecule has 1 amide bonds. The number of methoxy groups -OCH3 is 1. The Kier molecular flexibility index (Phi) is 6.23. The van der Waals surface area contributed by atoms with Gasteiger partial charge in [-0.05, 0) is 38.0 Å². The number of piperidine rings is 1. The molecule has 8 heteroatoms. The maximum atomic E-state index is 13.1. The number of amides is 1. The van der Waals surface area contributed by atoms with E-state index in [1.54, 1.807) is 25.6 Å². The minimum Gasteiger partial charge on any atom is -0.383 e. The molecule has 1 aliphatic rings. The Bertz CT molecular complexity index is 990. The summed E-state index contributed by atoms with van der Waals surface area (Å²) >= 11 is 0. The highest BCUT2D eigenvalue weighted by Crippen LogP contribution is 2.23. The van der Waals surface area contributed by atoms with Gasteiger partial charge in [-0.3, -0.25) is 4.79 Å². The van der Waals surface area contributed by atoms with E-state index < -0.39 is 0 Å². The molecule has 1 fully saturated rings. The fraction of sp³-hybridized carbons (Fsp3) is 0.455. The Labute approximate surface area is 176 Å². The molecule has 8 nitrogen and oxygen atoms in total. The van der Waals surface area contributed by atoms with Crippen molar-refractivity contribution in [3.05, 3.63) is 48.5 Å². The van der Waals surface area contributed by atoms with Crippen molar-refractivity contribution in [3.63, 3.8) is 0 Å². The van der Waals surface area contributed by atoms with E-state index >= 15 is 0 Å². The molecule has 1 aliphatic heterocycles. The number of rotatable bonds is 7. The number of para-hydroxylation sites is 2. The normalized spacial score (nSPS) is 17.8. The summed E-state index contributed by atoms with van der Waals surface area (Å²) in [5.41, 5.74) is 1.98. The number of nitrogens with zero attached hydrogens (tertiary/aromatic N) is 5. The summed E-state index contributed by atoms with van der Waals surface area (Å²) in [5.74, 6) is 1.49. The fourth-order valence-electron chi connectivity index (χ4n) is 4.07. The molecule has 0 aliphatic carbocycles. The van der Waals surface area contributed by atoms with E-state index in [0.717, 1.165) is 36.2 Å². The number of anilines is 1. The lowest BCUT2D eigenvalue weighted by Crippen LogP contribution is -2.44. The van der Waals surface area contributed by atoms with Crippen molar-refractivity contribution >= 4 is 22.9 Å². The van der Waals surface area contributed by atoms with Crippen molar-refractivity contribution in [2.24, 2.45) is 5.92 Å². The lowest BCUT2D eigenvalue weighted by Gasteiger charge is -2.32. The van der Waals surface area contributed by atoms with Crippen molar-refractivity contribution < 1.29 is 9.53 Å². The van der Waals surface area contributed by atoms with Crippen LogP contribution >= 0.6 is 0 Å². The number of benzene rings is 1. The molecule has 4 rings (SSSR count). The number of hydrogen-bond donors (Lipinski definition) is 1. The minimum absolute atomic E-state index is 0.0495. The largest absolute Gasteiger partial charge is 0.383 e. The van der Waals surface area contributed by atoms with E-state index in [4.69, 9.17) is 9.72 Å². The van der Waals surface area contributed by atoms with E-state index in [0.29, 0.717) is 25.6 Å². The second kappa shape index (κ2) is 9.21. The Morgan fingerprint density at radius 1 is 1.27 bits per heavy atom. The third-order valence-corrected chi connectivity index (χ3v) is 5.58. The number of nitrogens with one attached hydrogen (secondary N) is 1. The summed E-state index contributed by atoms with van der Waals surface area (Å²) in [4.78, 5) is 28.6. The van der Waals surface area contributed by atoms with Crippen LogP contribution in [0.15, 0.2) is 42.7 Å². The standard InChI is InChI=1S/C22H28N6O2/c1-16(20-26-18-8-3-4-9-19(18)28(20)13-14-30-2)25-21(29)17-7-5-12-27(15-17)22-23-10-6-11-24-22/h3-4,6,8-11,16-17H,5,7,12-15H2,1-2H3,(H,25,29)/t16-,17+/m0/s1. The number of ether oxygens (including phenoxy) is 1. The van der Waals surface area contributed by atoms with Gasteiger partial charge in [0.1, 0.15) is 5.82 Å². The average molecular weight is 409 g/mol. The Hall–Kier alpha value is -3.00.